The van der Waals surface area contributed by atoms with Crippen LogP contribution in [-0.2, 0) is 16.1 Å². The predicted octanol–water partition coefficient (Wildman–Crippen LogP) is 3.74. The fourth-order valence-corrected chi connectivity index (χ4v) is 3.89. The van der Waals surface area contributed by atoms with Crippen molar-refractivity contribution in [2.75, 3.05) is 11.9 Å². The SMILES string of the molecule is CCOC(=O)c1c(NC(=O)Cn2c(=O)oc3cc(Cl)ccc32)sc(C)c1C. The highest BCUT2D eigenvalue weighted by atomic mass is 35.5. The van der Waals surface area contributed by atoms with E-state index in [-0.39, 0.29) is 13.2 Å². The molecule has 7 nitrogen and oxygen atoms in total. The van der Waals surface area contributed by atoms with Crippen molar-refractivity contribution >= 4 is 50.9 Å². The van der Waals surface area contributed by atoms with E-state index in [2.05, 4.69) is 5.32 Å². The molecule has 0 unspecified atom stereocenters. The van der Waals surface area contributed by atoms with E-state index in [1.165, 1.54) is 22.0 Å². The summed E-state index contributed by atoms with van der Waals surface area (Å²) in [6.07, 6.45) is 0. The highest BCUT2D eigenvalue weighted by molar-refractivity contribution is 7.16. The summed E-state index contributed by atoms with van der Waals surface area (Å²) < 4.78 is 11.4. The Labute approximate surface area is 163 Å². The molecule has 0 aliphatic heterocycles. The molecule has 0 aliphatic carbocycles. The number of carbonyl (C=O) groups is 2. The third kappa shape index (κ3) is 3.77. The molecule has 0 atom stereocenters. The van der Waals surface area contributed by atoms with Crippen LogP contribution in [0.3, 0.4) is 0 Å². The number of rotatable bonds is 5. The largest absolute Gasteiger partial charge is 0.462 e. The number of thiophene rings is 1. The van der Waals surface area contributed by atoms with Crippen molar-refractivity contribution in [3.8, 4) is 0 Å². The lowest BCUT2D eigenvalue weighted by molar-refractivity contribution is -0.116. The normalized spacial score (nSPS) is 11.0. The number of oxazole rings is 1. The number of aryl methyl sites for hydroxylation is 1. The van der Waals surface area contributed by atoms with Gasteiger partial charge in [0, 0.05) is 16.0 Å². The van der Waals surface area contributed by atoms with E-state index in [0.717, 1.165) is 10.4 Å². The van der Waals surface area contributed by atoms with Gasteiger partial charge in [-0.2, -0.15) is 0 Å². The fourth-order valence-electron chi connectivity index (χ4n) is 2.66. The standard InChI is InChI=1S/C18H17ClN2O5S/c1-4-25-17(23)15-9(2)10(3)27-16(15)20-14(22)8-21-12-6-5-11(19)7-13(12)26-18(21)24/h5-7H,4,8H2,1-3H3,(H,20,22). The maximum absolute atomic E-state index is 12.5. The maximum atomic E-state index is 12.5. The van der Waals surface area contributed by atoms with Crippen LogP contribution in [0.5, 0.6) is 0 Å². The van der Waals surface area contributed by atoms with Crippen molar-refractivity contribution in [1.29, 1.82) is 0 Å². The first-order valence-electron chi connectivity index (χ1n) is 8.17. The number of esters is 1. The summed E-state index contributed by atoms with van der Waals surface area (Å²) in [6, 6.07) is 4.73. The van der Waals surface area contributed by atoms with Gasteiger partial charge in [0.15, 0.2) is 5.58 Å². The van der Waals surface area contributed by atoms with E-state index in [0.29, 0.717) is 26.7 Å². The summed E-state index contributed by atoms with van der Waals surface area (Å²) >= 11 is 7.18. The Balaban J connectivity index is 1.87. The molecule has 0 saturated carbocycles. The minimum Gasteiger partial charge on any atom is -0.462 e. The molecule has 0 spiro atoms. The molecule has 1 N–H and O–H groups in total. The number of aromatic nitrogens is 1. The van der Waals surface area contributed by atoms with Crippen molar-refractivity contribution in [3.05, 3.63) is 49.8 Å². The van der Waals surface area contributed by atoms with Crippen molar-refractivity contribution in [2.45, 2.75) is 27.3 Å². The van der Waals surface area contributed by atoms with E-state index >= 15 is 0 Å². The van der Waals surface area contributed by atoms with Gasteiger partial charge >= 0.3 is 11.7 Å². The molecule has 0 saturated heterocycles. The van der Waals surface area contributed by atoms with Crippen LogP contribution in [0, 0.1) is 13.8 Å². The number of benzene rings is 1. The third-order valence-corrected chi connectivity index (χ3v) is 5.41. The molecule has 1 aromatic carbocycles. The molecule has 9 heteroatoms. The molecule has 0 bridgehead atoms. The van der Waals surface area contributed by atoms with Gasteiger partial charge in [-0.1, -0.05) is 11.6 Å². The van der Waals surface area contributed by atoms with Crippen LogP contribution in [0.15, 0.2) is 27.4 Å². The minimum atomic E-state index is -0.661. The van der Waals surface area contributed by atoms with Gasteiger partial charge in [0.1, 0.15) is 11.5 Å². The molecule has 0 radical (unpaired) electrons. The average molecular weight is 409 g/mol. The molecule has 3 rings (SSSR count). The number of hydrogen-bond acceptors (Lipinski definition) is 6. The molecule has 0 fully saturated rings. The quantitative estimate of drug-likeness (QED) is 0.649. The van der Waals surface area contributed by atoms with Gasteiger partial charge in [-0.3, -0.25) is 9.36 Å². The maximum Gasteiger partial charge on any atom is 0.420 e. The lowest BCUT2D eigenvalue weighted by atomic mass is 10.1. The van der Waals surface area contributed by atoms with E-state index < -0.39 is 17.6 Å². The van der Waals surface area contributed by atoms with Crippen molar-refractivity contribution in [3.63, 3.8) is 0 Å². The number of amides is 1. The molecule has 1 amide bonds. The van der Waals surface area contributed by atoms with E-state index in [4.69, 9.17) is 20.8 Å². The topological polar surface area (TPSA) is 90.5 Å². The second-order valence-electron chi connectivity index (χ2n) is 5.82. The van der Waals surface area contributed by atoms with Crippen LogP contribution in [0.2, 0.25) is 5.02 Å². The number of fused-ring (bicyclic) bond motifs is 1. The number of nitrogens with zero attached hydrogens (tertiary/aromatic N) is 1. The average Bonchev–Trinajstić information content (AvgIpc) is 3.04. The second-order valence-corrected chi connectivity index (χ2v) is 7.48. The predicted molar refractivity (Wildman–Crippen MR) is 104 cm³/mol. The molecular weight excluding hydrogens is 392 g/mol. The monoisotopic (exact) mass is 408 g/mol. The molecule has 142 valence electrons. The molecule has 3 aromatic rings. The fraction of sp³-hybridized carbons (Fsp3) is 0.278. The number of ether oxygens (including phenoxy) is 1. The van der Waals surface area contributed by atoms with Crippen molar-refractivity contribution in [1.82, 2.24) is 4.57 Å². The number of hydrogen-bond donors (Lipinski definition) is 1. The number of halogens is 1. The summed E-state index contributed by atoms with van der Waals surface area (Å²) in [6.45, 7) is 5.35. The summed E-state index contributed by atoms with van der Waals surface area (Å²) in [5.41, 5.74) is 1.86. The van der Waals surface area contributed by atoms with Gasteiger partial charge in [0.2, 0.25) is 5.91 Å². The lowest BCUT2D eigenvalue weighted by Gasteiger charge is -2.07. The Morgan fingerprint density at radius 2 is 2.07 bits per heavy atom. The van der Waals surface area contributed by atoms with Gasteiger partial charge in [-0.15, -0.1) is 11.3 Å². The van der Waals surface area contributed by atoms with Crippen molar-refractivity contribution in [2.24, 2.45) is 0 Å². The number of nitrogens with one attached hydrogen (secondary N) is 1. The van der Waals surface area contributed by atoms with Gasteiger partial charge in [0.25, 0.3) is 0 Å². The van der Waals surface area contributed by atoms with Gasteiger partial charge < -0.3 is 14.5 Å². The van der Waals surface area contributed by atoms with Crippen LogP contribution < -0.4 is 11.1 Å². The van der Waals surface area contributed by atoms with Gasteiger partial charge in [-0.05, 0) is 38.5 Å². The number of carbonyl (C=O) groups excluding carboxylic acids is 2. The third-order valence-electron chi connectivity index (χ3n) is 4.05. The van der Waals surface area contributed by atoms with E-state index in [1.807, 2.05) is 6.92 Å². The smallest absolute Gasteiger partial charge is 0.420 e. The zero-order valence-electron chi connectivity index (χ0n) is 14.9. The summed E-state index contributed by atoms with van der Waals surface area (Å²) in [4.78, 5) is 37.7. The molecule has 0 aliphatic rings. The van der Waals surface area contributed by atoms with Crippen LogP contribution in [-0.4, -0.2) is 23.1 Å². The zero-order valence-corrected chi connectivity index (χ0v) is 16.5. The minimum absolute atomic E-state index is 0.236. The highest BCUT2D eigenvalue weighted by Crippen LogP contribution is 2.33. The van der Waals surface area contributed by atoms with Gasteiger partial charge in [-0.25, -0.2) is 9.59 Å². The molecule has 27 heavy (non-hydrogen) atoms. The Hall–Kier alpha value is -2.58. The molecule has 2 aromatic heterocycles. The first-order chi connectivity index (χ1) is 12.8. The van der Waals surface area contributed by atoms with E-state index in [1.54, 1.807) is 26.0 Å². The second kappa shape index (κ2) is 7.58. The van der Waals surface area contributed by atoms with Crippen LogP contribution >= 0.6 is 22.9 Å². The first kappa shape index (κ1) is 19.2. The molecule has 2 heterocycles. The Morgan fingerprint density at radius 1 is 1.33 bits per heavy atom. The summed E-state index contributed by atoms with van der Waals surface area (Å²) in [7, 11) is 0. The van der Waals surface area contributed by atoms with Crippen LogP contribution in [0.4, 0.5) is 5.00 Å². The van der Waals surface area contributed by atoms with Crippen molar-refractivity contribution < 1.29 is 18.7 Å². The van der Waals surface area contributed by atoms with Crippen LogP contribution in [0.1, 0.15) is 27.7 Å². The summed E-state index contributed by atoms with van der Waals surface area (Å²) in [5, 5.41) is 3.53. The van der Waals surface area contributed by atoms with Gasteiger partial charge in [0.05, 0.1) is 17.7 Å². The lowest BCUT2D eigenvalue weighted by Crippen LogP contribution is -2.25. The first-order valence-corrected chi connectivity index (χ1v) is 9.37. The Bertz CT molecular complexity index is 1100. The zero-order chi connectivity index (χ0) is 19.7. The molecular formula is C18H17ClN2O5S. The number of anilines is 1. The summed E-state index contributed by atoms with van der Waals surface area (Å²) in [5.74, 6) is -1.61. The Morgan fingerprint density at radius 3 is 2.78 bits per heavy atom. The Kier molecular flexibility index (Phi) is 5.38. The van der Waals surface area contributed by atoms with E-state index in [9.17, 15) is 14.4 Å². The van der Waals surface area contributed by atoms with Crippen LogP contribution in [0.25, 0.3) is 11.1 Å². The highest BCUT2D eigenvalue weighted by Gasteiger charge is 2.22.